The van der Waals surface area contributed by atoms with Gasteiger partial charge in [-0.3, -0.25) is 4.79 Å². The largest absolute Gasteiger partial charge is 0.490 e. The Hall–Kier alpha value is -1.58. The van der Waals surface area contributed by atoms with Crippen LogP contribution in [-0.4, -0.2) is 12.6 Å². The number of esters is 1. The van der Waals surface area contributed by atoms with Gasteiger partial charge >= 0.3 is 5.97 Å². The van der Waals surface area contributed by atoms with Crippen molar-refractivity contribution < 1.29 is 18.7 Å². The number of hydrogen-bond acceptors (Lipinski definition) is 3. The van der Waals surface area contributed by atoms with E-state index in [-0.39, 0.29) is 23.4 Å². The maximum atomic E-state index is 14.8. The van der Waals surface area contributed by atoms with Crippen LogP contribution in [0, 0.1) is 35.4 Å². The molecule has 4 rings (SSSR count). The molecule has 3 aliphatic rings. The van der Waals surface area contributed by atoms with Gasteiger partial charge in [0.2, 0.25) is 5.82 Å². The first-order chi connectivity index (χ1) is 16.1. The van der Waals surface area contributed by atoms with Gasteiger partial charge in [0.25, 0.3) is 0 Å². The quantitative estimate of drug-likeness (QED) is 0.279. The van der Waals surface area contributed by atoms with Crippen molar-refractivity contribution in [1.29, 1.82) is 0 Å². The highest BCUT2D eigenvalue weighted by molar-refractivity contribution is 5.78. The van der Waals surface area contributed by atoms with Gasteiger partial charge in [0.1, 0.15) is 0 Å². The fourth-order valence-corrected chi connectivity index (χ4v) is 6.60. The molecule has 1 aliphatic heterocycles. The molecule has 1 atom stereocenters. The molecule has 0 bridgehead atoms. The third kappa shape index (κ3) is 6.11. The van der Waals surface area contributed by atoms with Crippen LogP contribution >= 0.6 is 0 Å². The summed E-state index contributed by atoms with van der Waals surface area (Å²) in [4.78, 5) is 12.8. The fraction of sp³-hybridized carbons (Fsp3) is 0.759. The lowest BCUT2D eigenvalue weighted by Gasteiger charge is -2.36. The second-order valence-electron chi connectivity index (χ2n) is 11.0. The highest BCUT2D eigenvalue weighted by Gasteiger charge is 2.38. The van der Waals surface area contributed by atoms with E-state index in [1.807, 2.05) is 13.0 Å². The average Bonchev–Trinajstić information content (AvgIpc) is 2.84. The Morgan fingerprint density at radius 1 is 0.879 bits per heavy atom. The molecule has 2 aliphatic carbocycles. The monoisotopic (exact) mass is 458 g/mol. The zero-order valence-electron chi connectivity index (χ0n) is 20.8. The highest BCUT2D eigenvalue weighted by Crippen LogP contribution is 2.43. The number of carbonyl (C=O) groups is 1. The summed E-state index contributed by atoms with van der Waals surface area (Å²) in [5, 5.41) is 0. The summed E-state index contributed by atoms with van der Waals surface area (Å²) < 4.78 is 25.8. The Labute approximate surface area is 199 Å². The average molecular weight is 459 g/mol. The highest BCUT2D eigenvalue weighted by atomic mass is 19.1. The molecule has 0 aromatic heterocycles. The van der Waals surface area contributed by atoms with E-state index in [0.717, 1.165) is 42.6 Å². The van der Waals surface area contributed by atoms with E-state index in [4.69, 9.17) is 9.47 Å². The van der Waals surface area contributed by atoms with Crippen molar-refractivity contribution in [3.05, 3.63) is 23.5 Å². The molecule has 1 aromatic carbocycles. The van der Waals surface area contributed by atoms with Crippen LogP contribution < -0.4 is 9.47 Å². The Morgan fingerprint density at radius 3 is 2.09 bits per heavy atom. The van der Waals surface area contributed by atoms with Crippen molar-refractivity contribution >= 4 is 5.97 Å². The van der Waals surface area contributed by atoms with Gasteiger partial charge < -0.3 is 9.47 Å². The Kier molecular flexibility index (Phi) is 8.71. The molecule has 0 saturated heterocycles. The number of halogens is 1. The van der Waals surface area contributed by atoms with Gasteiger partial charge in [0.15, 0.2) is 11.5 Å². The zero-order chi connectivity index (χ0) is 23.2. The number of benzene rings is 1. The lowest BCUT2D eigenvalue weighted by Crippen LogP contribution is -2.35. The molecule has 0 spiro atoms. The van der Waals surface area contributed by atoms with E-state index in [2.05, 4.69) is 6.92 Å². The predicted molar refractivity (Wildman–Crippen MR) is 130 cm³/mol. The molecule has 184 valence electrons. The van der Waals surface area contributed by atoms with E-state index in [0.29, 0.717) is 18.9 Å². The van der Waals surface area contributed by atoms with E-state index < -0.39 is 5.82 Å². The summed E-state index contributed by atoms with van der Waals surface area (Å²) >= 11 is 0. The maximum Gasteiger partial charge on any atom is 0.315 e. The molecule has 1 heterocycles. The Morgan fingerprint density at radius 2 is 1.48 bits per heavy atom. The second-order valence-corrected chi connectivity index (χ2v) is 11.0. The molecule has 2 saturated carbocycles. The van der Waals surface area contributed by atoms with Gasteiger partial charge in [-0.25, -0.2) is 0 Å². The molecule has 1 aromatic rings. The zero-order valence-corrected chi connectivity index (χ0v) is 20.8. The molecule has 0 amide bonds. The van der Waals surface area contributed by atoms with Crippen LogP contribution in [0.15, 0.2) is 12.1 Å². The number of hydrogen-bond donors (Lipinski definition) is 0. The van der Waals surface area contributed by atoms with Crippen molar-refractivity contribution in [2.75, 3.05) is 6.61 Å². The Bertz CT molecular complexity index is 775. The summed E-state index contributed by atoms with van der Waals surface area (Å²) in [5.41, 5.74) is 0.807. The number of ether oxygens (including phenoxy) is 2. The van der Waals surface area contributed by atoms with Gasteiger partial charge in [-0.15, -0.1) is 0 Å². The standard InChI is InChI=1S/C29H43FO3/c1-3-5-20-6-8-21(9-7-20)10-11-22-12-14-23(15-13-22)25-19-24-16-17-26(32-18-4-2)27(30)28(24)33-29(25)31/h16-17,20-23,25H,3-15,18-19H2,1-2H3. The van der Waals surface area contributed by atoms with Crippen LogP contribution in [-0.2, 0) is 11.2 Å². The van der Waals surface area contributed by atoms with Crippen LogP contribution in [0.25, 0.3) is 0 Å². The summed E-state index contributed by atoms with van der Waals surface area (Å²) in [6.07, 6.45) is 17.3. The molecule has 1 unspecified atom stereocenters. The van der Waals surface area contributed by atoms with Gasteiger partial charge in [-0.05, 0) is 61.0 Å². The van der Waals surface area contributed by atoms with Crippen LogP contribution in [0.2, 0.25) is 0 Å². The van der Waals surface area contributed by atoms with E-state index in [1.54, 1.807) is 6.07 Å². The van der Waals surface area contributed by atoms with Crippen molar-refractivity contribution in [3.63, 3.8) is 0 Å². The summed E-state index contributed by atoms with van der Waals surface area (Å²) in [6, 6.07) is 3.57. The first-order valence-electron chi connectivity index (χ1n) is 13.7. The van der Waals surface area contributed by atoms with Crippen molar-refractivity contribution in [1.82, 2.24) is 0 Å². The SMILES string of the molecule is CCCOc1ccc2c(c1F)OC(=O)C(C1CCC(CCC3CCC(CCC)CC3)CC1)C2. The minimum Gasteiger partial charge on any atom is -0.490 e. The second kappa shape index (κ2) is 11.7. The molecule has 2 fully saturated rings. The minimum atomic E-state index is -0.528. The van der Waals surface area contributed by atoms with Crippen molar-refractivity contribution in [3.8, 4) is 11.5 Å². The fourth-order valence-electron chi connectivity index (χ4n) is 6.60. The molecule has 33 heavy (non-hydrogen) atoms. The topological polar surface area (TPSA) is 35.5 Å². The van der Waals surface area contributed by atoms with Crippen LogP contribution in [0.5, 0.6) is 11.5 Å². The number of fused-ring (bicyclic) bond motifs is 1. The van der Waals surface area contributed by atoms with Crippen molar-refractivity contribution in [2.24, 2.45) is 29.6 Å². The normalized spacial score (nSPS) is 29.9. The van der Waals surface area contributed by atoms with Crippen molar-refractivity contribution in [2.45, 2.75) is 104 Å². The van der Waals surface area contributed by atoms with Crippen LogP contribution in [0.3, 0.4) is 0 Å². The molecule has 4 heteroatoms. The molecule has 3 nitrogen and oxygen atoms in total. The predicted octanol–water partition coefficient (Wildman–Crippen LogP) is 7.89. The third-order valence-corrected chi connectivity index (χ3v) is 8.66. The lowest BCUT2D eigenvalue weighted by atomic mass is 9.71. The van der Waals surface area contributed by atoms with Crippen LogP contribution in [0.4, 0.5) is 4.39 Å². The lowest BCUT2D eigenvalue weighted by molar-refractivity contribution is -0.143. The number of carbonyl (C=O) groups excluding carboxylic acids is 1. The minimum absolute atomic E-state index is 0.0900. The van der Waals surface area contributed by atoms with E-state index in [9.17, 15) is 9.18 Å². The first kappa shape index (κ1) is 24.5. The molecular formula is C29H43FO3. The van der Waals surface area contributed by atoms with Gasteiger partial charge in [0.05, 0.1) is 12.5 Å². The van der Waals surface area contributed by atoms with Crippen LogP contribution in [0.1, 0.15) is 103 Å². The molecular weight excluding hydrogens is 415 g/mol. The molecule has 0 radical (unpaired) electrons. The molecule has 0 N–H and O–H groups in total. The summed E-state index contributed by atoms with van der Waals surface area (Å²) in [5.74, 6) is 2.49. The first-order valence-corrected chi connectivity index (χ1v) is 13.7. The smallest absolute Gasteiger partial charge is 0.315 e. The van der Waals surface area contributed by atoms with E-state index in [1.165, 1.54) is 64.2 Å². The maximum absolute atomic E-state index is 14.8. The summed E-state index contributed by atoms with van der Waals surface area (Å²) in [6.45, 7) is 4.75. The van der Waals surface area contributed by atoms with Gasteiger partial charge in [0, 0.05) is 0 Å². The number of rotatable bonds is 9. The third-order valence-electron chi connectivity index (χ3n) is 8.66. The van der Waals surface area contributed by atoms with Gasteiger partial charge in [-0.1, -0.05) is 84.1 Å². The summed E-state index contributed by atoms with van der Waals surface area (Å²) in [7, 11) is 0. The van der Waals surface area contributed by atoms with E-state index >= 15 is 0 Å². The Balaban J connectivity index is 1.24. The van der Waals surface area contributed by atoms with Gasteiger partial charge in [-0.2, -0.15) is 4.39 Å².